The summed E-state index contributed by atoms with van der Waals surface area (Å²) in [5.74, 6) is -0.880. The molecule has 0 aliphatic carbocycles. The van der Waals surface area contributed by atoms with Gasteiger partial charge < -0.3 is 16.0 Å². The third-order valence-corrected chi connectivity index (χ3v) is 7.02. The van der Waals surface area contributed by atoms with Crippen LogP contribution >= 0.6 is 0 Å². The second kappa shape index (κ2) is 8.30. The second-order valence-corrected chi connectivity index (χ2v) is 10.5. The van der Waals surface area contributed by atoms with Crippen molar-refractivity contribution < 1.29 is 18.0 Å². The average molecular weight is 445 g/mol. The number of likely N-dealkylation sites (tertiary alicyclic amines) is 1. The van der Waals surface area contributed by atoms with Crippen molar-refractivity contribution in [2.45, 2.75) is 44.0 Å². The Morgan fingerprint density at radius 3 is 2.65 bits per heavy atom. The number of nitrogens with zero attached hydrogens (tertiary/aromatic N) is 2. The third-order valence-electron chi connectivity index (χ3n) is 5.91. The molecule has 1 saturated heterocycles. The van der Waals surface area contributed by atoms with Crippen LogP contribution in [-0.2, 0) is 25.0 Å². The SMILES string of the molecule is Cc1cc(NC(=O)C(=O)N2C[C@@H](C)CC[C@@]2(C)c2cccc(S(C)(=O)=O)c2)cnc1N. The highest BCUT2D eigenvalue weighted by atomic mass is 32.2. The van der Waals surface area contributed by atoms with Gasteiger partial charge in [-0.1, -0.05) is 19.1 Å². The molecule has 1 aliphatic rings. The van der Waals surface area contributed by atoms with E-state index < -0.39 is 27.2 Å². The van der Waals surface area contributed by atoms with Gasteiger partial charge in [0.15, 0.2) is 9.84 Å². The summed E-state index contributed by atoms with van der Waals surface area (Å²) in [6, 6.07) is 8.25. The standard InChI is InChI=1S/C22H28N4O4S/c1-14-8-9-22(3,16-6-5-7-18(11-16)31(4,29)30)26(13-14)21(28)20(27)25-17-10-15(2)19(23)24-12-17/h5-7,10-12,14H,8-9,13H2,1-4H3,(H2,23,24)(H,25,27)/t14-,22-/m0/s1. The van der Waals surface area contributed by atoms with E-state index in [1.54, 1.807) is 36.1 Å². The van der Waals surface area contributed by atoms with E-state index in [4.69, 9.17) is 5.73 Å². The first-order valence-electron chi connectivity index (χ1n) is 10.1. The maximum absolute atomic E-state index is 13.2. The van der Waals surface area contributed by atoms with Crippen LogP contribution in [0.15, 0.2) is 41.4 Å². The van der Waals surface area contributed by atoms with Gasteiger partial charge in [0, 0.05) is 12.8 Å². The topological polar surface area (TPSA) is 122 Å². The monoisotopic (exact) mass is 444 g/mol. The molecule has 0 radical (unpaired) electrons. The van der Waals surface area contributed by atoms with Gasteiger partial charge >= 0.3 is 11.8 Å². The molecule has 0 unspecified atom stereocenters. The van der Waals surface area contributed by atoms with Crippen molar-refractivity contribution in [3.05, 3.63) is 47.7 Å². The van der Waals surface area contributed by atoms with Crippen molar-refractivity contribution in [3.8, 4) is 0 Å². The largest absolute Gasteiger partial charge is 0.383 e. The van der Waals surface area contributed by atoms with E-state index in [1.807, 2.05) is 13.8 Å². The first kappa shape index (κ1) is 22.7. The van der Waals surface area contributed by atoms with Crippen molar-refractivity contribution in [2.24, 2.45) is 5.92 Å². The number of nitrogens with two attached hydrogens (primary N) is 1. The zero-order chi connectivity index (χ0) is 23.0. The number of sulfone groups is 1. The molecule has 0 bridgehead atoms. The van der Waals surface area contributed by atoms with Crippen molar-refractivity contribution in [1.82, 2.24) is 9.88 Å². The number of nitrogens with one attached hydrogen (secondary N) is 1. The molecule has 9 heteroatoms. The van der Waals surface area contributed by atoms with Gasteiger partial charge in [-0.15, -0.1) is 0 Å². The van der Waals surface area contributed by atoms with Gasteiger partial charge in [0.25, 0.3) is 0 Å². The van der Waals surface area contributed by atoms with E-state index in [0.717, 1.165) is 12.7 Å². The maximum atomic E-state index is 13.2. The summed E-state index contributed by atoms with van der Waals surface area (Å²) >= 11 is 0. The second-order valence-electron chi connectivity index (χ2n) is 8.51. The highest BCUT2D eigenvalue weighted by Crippen LogP contribution is 2.40. The maximum Gasteiger partial charge on any atom is 0.313 e. The van der Waals surface area contributed by atoms with Crippen LogP contribution in [0.3, 0.4) is 0 Å². The molecule has 2 aromatic rings. The number of carbonyl (C=O) groups is 2. The van der Waals surface area contributed by atoms with Crippen LogP contribution in [0.5, 0.6) is 0 Å². The van der Waals surface area contributed by atoms with Gasteiger partial charge in [0.2, 0.25) is 0 Å². The number of hydrogen-bond acceptors (Lipinski definition) is 6. The number of hydrogen-bond donors (Lipinski definition) is 2. The summed E-state index contributed by atoms with van der Waals surface area (Å²) in [7, 11) is -3.40. The number of aromatic nitrogens is 1. The van der Waals surface area contributed by atoms with Crippen molar-refractivity contribution >= 4 is 33.2 Å². The Hall–Kier alpha value is -2.94. The molecule has 0 spiro atoms. The zero-order valence-electron chi connectivity index (χ0n) is 18.2. The van der Waals surface area contributed by atoms with E-state index in [9.17, 15) is 18.0 Å². The van der Waals surface area contributed by atoms with E-state index in [1.165, 1.54) is 12.3 Å². The van der Waals surface area contributed by atoms with E-state index in [2.05, 4.69) is 10.3 Å². The van der Waals surface area contributed by atoms with Crippen LogP contribution in [0.2, 0.25) is 0 Å². The molecule has 166 valence electrons. The fourth-order valence-corrected chi connectivity index (χ4v) is 4.56. The number of nitrogen functional groups attached to an aromatic ring is 1. The number of anilines is 2. The number of piperidine rings is 1. The Morgan fingerprint density at radius 1 is 1.29 bits per heavy atom. The normalized spacial score (nSPS) is 21.5. The molecule has 8 nitrogen and oxygen atoms in total. The predicted octanol–water partition coefficient (Wildman–Crippen LogP) is 2.49. The highest BCUT2D eigenvalue weighted by molar-refractivity contribution is 7.90. The van der Waals surface area contributed by atoms with Crippen LogP contribution < -0.4 is 11.1 Å². The fourth-order valence-electron chi connectivity index (χ4n) is 3.90. The van der Waals surface area contributed by atoms with E-state index >= 15 is 0 Å². The van der Waals surface area contributed by atoms with Crippen LogP contribution in [0.1, 0.15) is 37.8 Å². The van der Waals surface area contributed by atoms with Gasteiger partial charge in [0.1, 0.15) is 5.82 Å². The number of aryl methyl sites for hydroxylation is 1. The lowest BCUT2D eigenvalue weighted by Gasteiger charge is -2.47. The van der Waals surface area contributed by atoms with Crippen LogP contribution in [0.25, 0.3) is 0 Å². The van der Waals surface area contributed by atoms with E-state index in [0.29, 0.717) is 35.6 Å². The Balaban J connectivity index is 1.93. The lowest BCUT2D eigenvalue weighted by Crippen LogP contribution is -2.55. The minimum absolute atomic E-state index is 0.185. The number of carbonyl (C=O) groups excluding carboxylic acids is 2. The molecule has 2 heterocycles. The Labute approximate surface area is 182 Å². The van der Waals surface area contributed by atoms with Gasteiger partial charge in [-0.3, -0.25) is 9.59 Å². The first-order chi connectivity index (χ1) is 14.4. The lowest BCUT2D eigenvalue weighted by molar-refractivity contribution is -0.150. The molecule has 0 saturated carbocycles. The van der Waals surface area contributed by atoms with Crippen LogP contribution in [0, 0.1) is 12.8 Å². The summed E-state index contributed by atoms with van der Waals surface area (Å²) < 4.78 is 24.1. The molecule has 3 rings (SSSR count). The summed E-state index contributed by atoms with van der Waals surface area (Å²) in [5.41, 5.74) is 6.67. The summed E-state index contributed by atoms with van der Waals surface area (Å²) in [6.45, 7) is 6.06. The number of amides is 2. The Morgan fingerprint density at radius 2 is 2.00 bits per heavy atom. The third kappa shape index (κ3) is 4.71. The van der Waals surface area contributed by atoms with E-state index in [-0.39, 0.29) is 10.8 Å². The number of rotatable bonds is 3. The minimum Gasteiger partial charge on any atom is -0.383 e. The minimum atomic E-state index is -3.40. The zero-order valence-corrected chi connectivity index (χ0v) is 19.0. The molecular formula is C22H28N4O4S. The fraction of sp³-hybridized carbons (Fsp3) is 0.409. The number of benzene rings is 1. The average Bonchev–Trinajstić information content (AvgIpc) is 2.71. The molecule has 31 heavy (non-hydrogen) atoms. The smallest absolute Gasteiger partial charge is 0.313 e. The van der Waals surface area contributed by atoms with Crippen molar-refractivity contribution in [3.63, 3.8) is 0 Å². The van der Waals surface area contributed by atoms with Gasteiger partial charge in [0.05, 0.1) is 22.3 Å². The quantitative estimate of drug-likeness (QED) is 0.701. The Bertz CT molecular complexity index is 1130. The number of pyridine rings is 1. The summed E-state index contributed by atoms with van der Waals surface area (Å²) in [4.78, 5) is 31.8. The van der Waals surface area contributed by atoms with Crippen LogP contribution in [-0.4, -0.2) is 42.9 Å². The first-order valence-corrected chi connectivity index (χ1v) is 12.0. The molecule has 1 aromatic heterocycles. The molecule has 3 N–H and O–H groups in total. The molecular weight excluding hydrogens is 416 g/mol. The summed E-state index contributed by atoms with van der Waals surface area (Å²) in [6.07, 6.45) is 4.02. The molecule has 1 aromatic carbocycles. The predicted molar refractivity (Wildman–Crippen MR) is 119 cm³/mol. The molecule has 2 atom stereocenters. The lowest BCUT2D eigenvalue weighted by atomic mass is 9.79. The van der Waals surface area contributed by atoms with Gasteiger partial charge in [-0.25, -0.2) is 13.4 Å². The van der Waals surface area contributed by atoms with Gasteiger partial charge in [-0.2, -0.15) is 0 Å². The molecule has 2 amide bonds. The highest BCUT2D eigenvalue weighted by Gasteiger charge is 2.43. The van der Waals surface area contributed by atoms with Gasteiger partial charge in [-0.05, 0) is 61.9 Å². The molecule has 1 fully saturated rings. The van der Waals surface area contributed by atoms with Crippen molar-refractivity contribution in [2.75, 3.05) is 23.9 Å². The molecule has 1 aliphatic heterocycles. The Kier molecular flexibility index (Phi) is 6.09. The van der Waals surface area contributed by atoms with Crippen molar-refractivity contribution in [1.29, 1.82) is 0 Å². The summed E-state index contributed by atoms with van der Waals surface area (Å²) in [5, 5.41) is 2.60. The van der Waals surface area contributed by atoms with Crippen LogP contribution in [0.4, 0.5) is 11.5 Å².